The molecule has 0 amide bonds. The number of halogens is 3. The first kappa shape index (κ1) is 27.6. The summed E-state index contributed by atoms with van der Waals surface area (Å²) in [5.74, 6) is 0.871. The number of pyridine rings is 1. The number of methoxy groups -OCH3 is 1. The Morgan fingerprint density at radius 2 is 1.70 bits per heavy atom. The smallest absolute Gasteiger partial charge is 0.497 e. The number of fused-ring (bicyclic) bond motifs is 1. The van der Waals surface area contributed by atoms with E-state index in [1.54, 1.807) is 23.8 Å². The summed E-state index contributed by atoms with van der Waals surface area (Å²) >= 11 is 0. The molecule has 210 valence electrons. The molecule has 0 atom stereocenters. The van der Waals surface area contributed by atoms with Crippen LogP contribution >= 0.6 is 0 Å². The van der Waals surface area contributed by atoms with Crippen LogP contribution in [0.1, 0.15) is 59.3 Å². The number of ketones is 1. The van der Waals surface area contributed by atoms with Gasteiger partial charge in [0.2, 0.25) is 0 Å². The van der Waals surface area contributed by atoms with Crippen molar-refractivity contribution in [2.45, 2.75) is 51.3 Å². The fourth-order valence-electron chi connectivity index (χ4n) is 5.42. The molecule has 0 aliphatic carbocycles. The number of piperidine rings is 1. The topological polar surface area (TPSA) is 56.1 Å². The molecule has 0 unspecified atom stereocenters. The average molecular weight is 552 g/mol. The van der Waals surface area contributed by atoms with Crippen LogP contribution in [-0.2, 0) is 12.8 Å². The van der Waals surface area contributed by atoms with Crippen LogP contribution in [0.5, 0.6) is 11.5 Å². The number of ether oxygens (including phenoxy) is 2. The van der Waals surface area contributed by atoms with E-state index in [0.29, 0.717) is 36.5 Å². The van der Waals surface area contributed by atoms with Gasteiger partial charge in [-0.25, -0.2) is 4.52 Å². The van der Waals surface area contributed by atoms with Gasteiger partial charge in [0, 0.05) is 37.5 Å². The number of nitrogens with zero attached hydrogens (tertiary/aromatic N) is 3. The third kappa shape index (κ3) is 6.24. The molecule has 0 spiro atoms. The highest BCUT2D eigenvalue weighted by Gasteiger charge is 2.31. The molecule has 2 aromatic heterocycles. The molecular formula is C31H32F3N3O3. The van der Waals surface area contributed by atoms with Crippen molar-refractivity contribution in [3.05, 3.63) is 89.2 Å². The molecule has 4 aromatic rings. The summed E-state index contributed by atoms with van der Waals surface area (Å²) in [6.07, 6.45) is 0.673. The van der Waals surface area contributed by atoms with E-state index in [1.807, 2.05) is 25.3 Å². The minimum absolute atomic E-state index is 0.0734. The highest BCUT2D eigenvalue weighted by atomic mass is 19.4. The second-order valence-electron chi connectivity index (χ2n) is 10.0. The van der Waals surface area contributed by atoms with Crippen molar-refractivity contribution in [3.63, 3.8) is 0 Å². The Bertz CT molecular complexity index is 1460. The second kappa shape index (κ2) is 11.6. The first-order valence-electron chi connectivity index (χ1n) is 13.5. The minimum Gasteiger partial charge on any atom is -0.497 e. The Hall–Kier alpha value is -4.01. The number of carbonyl (C=O) groups excluding carboxylic acids is 1. The van der Waals surface area contributed by atoms with Gasteiger partial charge >= 0.3 is 6.36 Å². The molecule has 0 bridgehead atoms. The Kier molecular flexibility index (Phi) is 8.00. The largest absolute Gasteiger partial charge is 0.573 e. The normalized spacial score (nSPS) is 14.5. The van der Waals surface area contributed by atoms with Gasteiger partial charge < -0.3 is 14.4 Å². The van der Waals surface area contributed by atoms with Gasteiger partial charge in [0.25, 0.3) is 0 Å². The van der Waals surface area contributed by atoms with Gasteiger partial charge in [0.15, 0.2) is 5.78 Å². The summed E-state index contributed by atoms with van der Waals surface area (Å²) in [6.45, 7) is 3.73. The molecule has 0 radical (unpaired) electrons. The Balaban J connectivity index is 1.16. The van der Waals surface area contributed by atoms with Gasteiger partial charge in [-0.2, -0.15) is 5.10 Å². The minimum atomic E-state index is -4.68. The van der Waals surface area contributed by atoms with E-state index >= 15 is 0 Å². The van der Waals surface area contributed by atoms with Gasteiger partial charge in [-0.05, 0) is 73.1 Å². The molecule has 0 N–H and O–H groups in total. The lowest BCUT2D eigenvalue weighted by Gasteiger charge is -2.34. The van der Waals surface area contributed by atoms with Crippen LogP contribution in [0.3, 0.4) is 0 Å². The molecular weight excluding hydrogens is 519 g/mol. The Labute approximate surface area is 231 Å². The second-order valence-corrected chi connectivity index (χ2v) is 10.0. The number of carbonyl (C=O) groups is 1. The van der Waals surface area contributed by atoms with E-state index in [1.165, 1.54) is 12.1 Å². The average Bonchev–Trinajstić information content (AvgIpc) is 3.34. The first-order chi connectivity index (χ1) is 19.2. The van der Waals surface area contributed by atoms with E-state index in [-0.39, 0.29) is 11.5 Å². The summed E-state index contributed by atoms with van der Waals surface area (Å²) < 4.78 is 48.3. The molecule has 40 heavy (non-hydrogen) atoms. The molecule has 3 heterocycles. The van der Waals surface area contributed by atoms with Crippen molar-refractivity contribution in [2.24, 2.45) is 0 Å². The maximum absolute atomic E-state index is 13.3. The number of aromatic nitrogens is 2. The zero-order valence-electron chi connectivity index (χ0n) is 22.6. The third-order valence-electron chi connectivity index (χ3n) is 7.55. The van der Waals surface area contributed by atoms with Gasteiger partial charge in [0.05, 0.1) is 23.9 Å². The van der Waals surface area contributed by atoms with Crippen LogP contribution in [-0.4, -0.2) is 42.0 Å². The van der Waals surface area contributed by atoms with E-state index in [9.17, 15) is 18.0 Å². The van der Waals surface area contributed by atoms with E-state index in [4.69, 9.17) is 4.74 Å². The number of benzene rings is 2. The van der Waals surface area contributed by atoms with Gasteiger partial charge in [0.1, 0.15) is 11.5 Å². The molecule has 1 aliphatic rings. The molecule has 2 aromatic carbocycles. The number of rotatable bonds is 9. The molecule has 6 nitrogen and oxygen atoms in total. The summed E-state index contributed by atoms with van der Waals surface area (Å²) in [6, 6.07) is 18.3. The first-order valence-corrected chi connectivity index (χ1v) is 13.5. The van der Waals surface area contributed by atoms with Crippen molar-refractivity contribution >= 4 is 17.0 Å². The number of hydrogen-bond donors (Lipinski definition) is 0. The van der Waals surface area contributed by atoms with E-state index in [2.05, 4.69) is 39.0 Å². The number of Topliss-reactive ketones (excluding diaryl/α,β-unsaturated/α-hetero) is 1. The molecule has 0 saturated carbocycles. The standard InChI is InChI=1S/C31H32F3N3O3/c1-3-27-30(28-20-26(39-2)16-19-37(28)35-27)29(38)13-6-21-4-9-24(10-5-21)36-17-14-23(15-18-36)22-7-11-25(12-8-22)40-31(32,33)34/h4-5,7-12,16,19-20,23H,3,6,13-15,17-18H2,1-2H3. The lowest BCUT2D eigenvalue weighted by Crippen LogP contribution is -2.32. The summed E-state index contributed by atoms with van der Waals surface area (Å²) in [5.41, 5.74) is 5.49. The quantitative estimate of drug-likeness (QED) is 0.210. The van der Waals surface area contributed by atoms with Crippen LogP contribution in [0.25, 0.3) is 5.52 Å². The Morgan fingerprint density at radius 1 is 1.00 bits per heavy atom. The molecule has 1 fully saturated rings. The van der Waals surface area contributed by atoms with Crippen LogP contribution < -0.4 is 14.4 Å². The molecule has 1 aliphatic heterocycles. The lowest BCUT2D eigenvalue weighted by atomic mass is 9.89. The van der Waals surface area contributed by atoms with Crippen LogP contribution in [0.4, 0.5) is 18.9 Å². The van der Waals surface area contributed by atoms with Crippen molar-refractivity contribution in [1.29, 1.82) is 0 Å². The van der Waals surface area contributed by atoms with Crippen LogP contribution in [0.2, 0.25) is 0 Å². The maximum atomic E-state index is 13.3. The third-order valence-corrected chi connectivity index (χ3v) is 7.55. The van der Waals surface area contributed by atoms with Crippen molar-refractivity contribution in [2.75, 3.05) is 25.1 Å². The maximum Gasteiger partial charge on any atom is 0.573 e. The Morgan fingerprint density at radius 3 is 2.33 bits per heavy atom. The number of aryl methyl sites for hydroxylation is 2. The van der Waals surface area contributed by atoms with Gasteiger partial charge in [-0.3, -0.25) is 4.79 Å². The lowest BCUT2D eigenvalue weighted by molar-refractivity contribution is -0.274. The zero-order chi connectivity index (χ0) is 28.3. The number of anilines is 1. The monoisotopic (exact) mass is 551 g/mol. The summed E-state index contributed by atoms with van der Waals surface area (Å²) in [7, 11) is 1.61. The highest BCUT2D eigenvalue weighted by Crippen LogP contribution is 2.32. The zero-order valence-corrected chi connectivity index (χ0v) is 22.6. The number of hydrogen-bond acceptors (Lipinski definition) is 5. The summed E-state index contributed by atoms with van der Waals surface area (Å²) in [4.78, 5) is 15.6. The molecule has 9 heteroatoms. The van der Waals surface area contributed by atoms with E-state index < -0.39 is 6.36 Å². The SMILES string of the molecule is CCc1nn2ccc(OC)cc2c1C(=O)CCc1ccc(N2CCC(c3ccc(OC(F)(F)F)cc3)CC2)cc1. The van der Waals surface area contributed by atoms with Crippen LogP contribution in [0, 0.1) is 0 Å². The van der Waals surface area contributed by atoms with Crippen LogP contribution in [0.15, 0.2) is 66.9 Å². The van der Waals surface area contributed by atoms with E-state index in [0.717, 1.165) is 54.0 Å². The molecule has 1 saturated heterocycles. The molecule has 5 rings (SSSR count). The van der Waals surface area contributed by atoms with Gasteiger partial charge in [-0.15, -0.1) is 13.2 Å². The van der Waals surface area contributed by atoms with Gasteiger partial charge in [-0.1, -0.05) is 31.2 Å². The highest BCUT2D eigenvalue weighted by molar-refractivity contribution is 6.03. The predicted molar refractivity (Wildman–Crippen MR) is 148 cm³/mol. The fourth-order valence-corrected chi connectivity index (χ4v) is 5.42. The van der Waals surface area contributed by atoms with Crippen molar-refractivity contribution in [3.8, 4) is 11.5 Å². The summed E-state index contributed by atoms with van der Waals surface area (Å²) in [5, 5.41) is 4.58. The van der Waals surface area contributed by atoms with Crippen molar-refractivity contribution < 1.29 is 27.4 Å². The fraction of sp³-hybridized carbons (Fsp3) is 0.355. The van der Waals surface area contributed by atoms with Crippen molar-refractivity contribution in [1.82, 2.24) is 9.61 Å². The predicted octanol–water partition coefficient (Wildman–Crippen LogP) is 7.00. The number of alkyl halides is 3.